The number of aromatic hydroxyl groups is 1. The van der Waals surface area contributed by atoms with Gasteiger partial charge in [-0.25, -0.2) is 4.98 Å². The van der Waals surface area contributed by atoms with Gasteiger partial charge in [0.2, 0.25) is 0 Å². The van der Waals surface area contributed by atoms with Crippen LogP contribution < -0.4 is 5.56 Å². The van der Waals surface area contributed by atoms with Crippen LogP contribution in [0.5, 0.6) is 5.75 Å². The van der Waals surface area contributed by atoms with Crippen molar-refractivity contribution in [1.29, 1.82) is 0 Å². The highest BCUT2D eigenvalue weighted by Crippen LogP contribution is 2.26. The highest BCUT2D eigenvalue weighted by Gasteiger charge is 2.08. The number of aromatic nitrogens is 2. The predicted octanol–water partition coefficient (Wildman–Crippen LogP) is 1.39. The van der Waals surface area contributed by atoms with E-state index < -0.39 is 0 Å². The van der Waals surface area contributed by atoms with Crippen molar-refractivity contribution in [1.82, 2.24) is 9.97 Å². The van der Waals surface area contributed by atoms with Crippen LogP contribution in [0.2, 0.25) is 0 Å². The van der Waals surface area contributed by atoms with Crippen LogP contribution >= 0.6 is 15.9 Å². The minimum Gasteiger partial charge on any atom is -0.506 e. The first-order valence-corrected chi connectivity index (χ1v) is 4.35. The monoisotopic (exact) mass is 240 g/mol. The van der Waals surface area contributed by atoms with Crippen molar-refractivity contribution in [3.63, 3.8) is 0 Å². The molecule has 2 rings (SSSR count). The van der Waals surface area contributed by atoms with Gasteiger partial charge in [0.15, 0.2) is 0 Å². The third kappa shape index (κ3) is 1.21. The average Bonchev–Trinajstić information content (AvgIpc) is 2.15. The lowest BCUT2D eigenvalue weighted by Crippen LogP contribution is -2.07. The van der Waals surface area contributed by atoms with Crippen LogP contribution in [0.4, 0.5) is 0 Å². The molecule has 0 aliphatic heterocycles. The van der Waals surface area contributed by atoms with E-state index >= 15 is 0 Å². The molecule has 2 N–H and O–H groups in total. The topological polar surface area (TPSA) is 66.0 Å². The van der Waals surface area contributed by atoms with Crippen molar-refractivity contribution in [3.8, 4) is 5.75 Å². The van der Waals surface area contributed by atoms with E-state index in [4.69, 9.17) is 0 Å². The van der Waals surface area contributed by atoms with E-state index in [9.17, 15) is 9.90 Å². The largest absolute Gasteiger partial charge is 0.506 e. The number of hydrogen-bond acceptors (Lipinski definition) is 3. The molecule has 0 atom stereocenters. The molecule has 0 amide bonds. The van der Waals surface area contributed by atoms with Crippen molar-refractivity contribution >= 4 is 27.0 Å². The fraction of sp³-hybridized carbons (Fsp3) is 0. The maximum atomic E-state index is 11.2. The molecule has 13 heavy (non-hydrogen) atoms. The second kappa shape index (κ2) is 2.85. The maximum Gasteiger partial charge on any atom is 0.267 e. The Kier molecular flexibility index (Phi) is 1.81. The predicted molar refractivity (Wildman–Crippen MR) is 51.7 cm³/mol. The molecule has 0 bridgehead atoms. The zero-order valence-corrected chi connectivity index (χ0v) is 8.00. The maximum absolute atomic E-state index is 11.2. The van der Waals surface area contributed by atoms with Gasteiger partial charge >= 0.3 is 0 Å². The van der Waals surface area contributed by atoms with Gasteiger partial charge in [0.25, 0.3) is 5.56 Å². The van der Waals surface area contributed by atoms with E-state index in [2.05, 4.69) is 25.9 Å². The van der Waals surface area contributed by atoms with Crippen molar-refractivity contribution < 1.29 is 5.11 Å². The van der Waals surface area contributed by atoms with Gasteiger partial charge in [-0.2, -0.15) is 0 Å². The Hall–Kier alpha value is -1.36. The molecule has 0 aromatic carbocycles. The van der Waals surface area contributed by atoms with Gasteiger partial charge in [-0.3, -0.25) is 4.79 Å². The molecule has 0 aliphatic rings. The first-order valence-electron chi connectivity index (χ1n) is 3.55. The number of H-pyrrole nitrogens is 1. The van der Waals surface area contributed by atoms with E-state index in [1.807, 2.05) is 0 Å². The molecule has 0 unspecified atom stereocenters. The Bertz CT molecular complexity index is 521. The minimum absolute atomic E-state index is 0.0770. The molecular weight excluding hydrogens is 236 g/mol. The Balaban J connectivity index is 3.02. The third-order valence-electron chi connectivity index (χ3n) is 1.70. The Morgan fingerprint density at radius 1 is 1.54 bits per heavy atom. The molecule has 0 saturated carbocycles. The number of rotatable bonds is 0. The minimum atomic E-state index is -0.385. The molecular formula is C8H5BrN2O2. The van der Waals surface area contributed by atoms with E-state index in [1.165, 1.54) is 0 Å². The SMILES string of the molecule is O=c1[nH]c2ncccc2c(O)c1Br. The molecule has 66 valence electrons. The fourth-order valence-corrected chi connectivity index (χ4v) is 1.40. The van der Waals surface area contributed by atoms with Crippen molar-refractivity contribution in [3.05, 3.63) is 33.2 Å². The molecule has 0 spiro atoms. The molecule has 2 heterocycles. The van der Waals surface area contributed by atoms with Crippen LogP contribution in [-0.2, 0) is 0 Å². The molecule has 0 fully saturated rings. The van der Waals surface area contributed by atoms with Gasteiger partial charge in [-0.05, 0) is 28.1 Å². The van der Waals surface area contributed by atoms with E-state index in [0.717, 1.165) is 0 Å². The molecule has 2 aromatic rings. The fourth-order valence-electron chi connectivity index (χ4n) is 1.08. The number of pyridine rings is 2. The number of hydrogen-bond donors (Lipinski definition) is 2. The number of halogens is 1. The zero-order valence-electron chi connectivity index (χ0n) is 6.41. The standard InChI is InChI=1S/C8H5BrN2O2/c9-5-6(12)4-2-1-3-10-7(4)11-8(5)13/h1-3H,(H2,10,11,12,13). The molecule has 2 aromatic heterocycles. The van der Waals surface area contributed by atoms with Gasteiger partial charge in [-0.15, -0.1) is 0 Å². The highest BCUT2D eigenvalue weighted by molar-refractivity contribution is 9.10. The summed E-state index contributed by atoms with van der Waals surface area (Å²) in [6, 6.07) is 3.37. The Morgan fingerprint density at radius 3 is 3.08 bits per heavy atom. The van der Waals surface area contributed by atoms with Gasteiger partial charge in [0.1, 0.15) is 15.9 Å². The molecule has 0 saturated heterocycles. The lowest BCUT2D eigenvalue weighted by Gasteiger charge is -2.00. The van der Waals surface area contributed by atoms with Crippen molar-refractivity contribution in [2.24, 2.45) is 0 Å². The Labute approximate surface area is 81.4 Å². The first-order chi connectivity index (χ1) is 6.20. The molecule has 4 nitrogen and oxygen atoms in total. The average molecular weight is 241 g/mol. The smallest absolute Gasteiger partial charge is 0.267 e. The number of nitrogens with zero attached hydrogens (tertiary/aromatic N) is 1. The summed E-state index contributed by atoms with van der Waals surface area (Å²) in [5, 5.41) is 10.1. The summed E-state index contributed by atoms with van der Waals surface area (Å²) in [5.74, 6) is -0.0770. The first kappa shape index (κ1) is 8.25. The van der Waals surface area contributed by atoms with Crippen LogP contribution in [0.1, 0.15) is 0 Å². The summed E-state index contributed by atoms with van der Waals surface area (Å²) >= 11 is 2.98. The summed E-state index contributed by atoms with van der Waals surface area (Å²) in [4.78, 5) is 17.6. The summed E-state index contributed by atoms with van der Waals surface area (Å²) in [6.45, 7) is 0. The summed E-state index contributed by atoms with van der Waals surface area (Å²) < 4.78 is 0.132. The lowest BCUT2D eigenvalue weighted by atomic mass is 10.3. The number of fused-ring (bicyclic) bond motifs is 1. The second-order valence-corrected chi connectivity index (χ2v) is 3.31. The Morgan fingerprint density at radius 2 is 2.31 bits per heavy atom. The highest BCUT2D eigenvalue weighted by atomic mass is 79.9. The van der Waals surface area contributed by atoms with Gasteiger partial charge < -0.3 is 10.1 Å². The second-order valence-electron chi connectivity index (χ2n) is 2.52. The molecule has 5 heteroatoms. The van der Waals surface area contributed by atoms with E-state index in [0.29, 0.717) is 11.0 Å². The van der Waals surface area contributed by atoms with Gasteiger partial charge in [0, 0.05) is 6.20 Å². The molecule has 0 aliphatic carbocycles. The molecule has 0 radical (unpaired) electrons. The van der Waals surface area contributed by atoms with Crippen LogP contribution in [-0.4, -0.2) is 15.1 Å². The normalized spacial score (nSPS) is 10.5. The lowest BCUT2D eigenvalue weighted by molar-refractivity contribution is 0.477. The van der Waals surface area contributed by atoms with Crippen LogP contribution in [0.3, 0.4) is 0 Å². The van der Waals surface area contributed by atoms with E-state index in [-0.39, 0.29) is 15.8 Å². The van der Waals surface area contributed by atoms with E-state index in [1.54, 1.807) is 18.3 Å². The quantitative estimate of drug-likeness (QED) is 0.732. The summed E-state index contributed by atoms with van der Waals surface area (Å²) in [7, 11) is 0. The number of nitrogens with one attached hydrogen (secondary N) is 1. The van der Waals surface area contributed by atoms with Gasteiger partial charge in [-0.1, -0.05) is 0 Å². The van der Waals surface area contributed by atoms with Crippen LogP contribution in [0.25, 0.3) is 11.0 Å². The van der Waals surface area contributed by atoms with Crippen LogP contribution in [0, 0.1) is 0 Å². The van der Waals surface area contributed by atoms with Crippen molar-refractivity contribution in [2.75, 3.05) is 0 Å². The third-order valence-corrected chi connectivity index (χ3v) is 2.44. The zero-order chi connectivity index (χ0) is 9.42. The summed E-state index contributed by atoms with van der Waals surface area (Å²) in [5.41, 5.74) is -0.00287. The summed E-state index contributed by atoms with van der Waals surface area (Å²) in [6.07, 6.45) is 1.55. The van der Waals surface area contributed by atoms with Crippen molar-refractivity contribution in [2.45, 2.75) is 0 Å². The van der Waals surface area contributed by atoms with Gasteiger partial charge in [0.05, 0.1) is 5.39 Å². The van der Waals surface area contributed by atoms with Crippen LogP contribution in [0.15, 0.2) is 27.6 Å². The number of aromatic amines is 1.